The van der Waals surface area contributed by atoms with E-state index in [1.165, 1.54) is 13.4 Å². The van der Waals surface area contributed by atoms with Gasteiger partial charge in [0.25, 0.3) is 5.91 Å². The maximum Gasteiger partial charge on any atom is 0.251 e. The number of aromatic nitrogens is 2. The van der Waals surface area contributed by atoms with Crippen molar-refractivity contribution in [1.82, 2.24) is 20.0 Å². The third kappa shape index (κ3) is 5.23. The van der Waals surface area contributed by atoms with Crippen LogP contribution < -0.4 is 14.8 Å². The molecule has 2 N–H and O–H groups in total. The molecule has 0 aliphatic rings. The lowest BCUT2D eigenvalue weighted by Crippen LogP contribution is -2.34. The smallest absolute Gasteiger partial charge is 0.251 e. The summed E-state index contributed by atoms with van der Waals surface area (Å²) in [5.41, 5.74) is 2.85. The summed E-state index contributed by atoms with van der Waals surface area (Å²) in [6.07, 6.45) is 2.50. The first-order chi connectivity index (χ1) is 11.8. The molecule has 0 radical (unpaired) electrons. The molecule has 1 heterocycles. The maximum absolute atomic E-state index is 12.1. The molecule has 0 spiro atoms. The highest BCUT2D eigenvalue weighted by atomic mass is 32.2. The van der Waals surface area contributed by atoms with Gasteiger partial charge < -0.3 is 10.1 Å². The van der Waals surface area contributed by atoms with E-state index in [0.29, 0.717) is 11.4 Å². The lowest BCUT2D eigenvalue weighted by molar-refractivity contribution is 0.0954. The van der Waals surface area contributed by atoms with Crippen LogP contribution in [0.5, 0.6) is 5.88 Å². The van der Waals surface area contributed by atoms with Gasteiger partial charge in [0.2, 0.25) is 15.9 Å². The molecule has 25 heavy (non-hydrogen) atoms. The number of sulfonamides is 1. The van der Waals surface area contributed by atoms with Crippen LogP contribution in [0.25, 0.3) is 11.1 Å². The highest BCUT2D eigenvalue weighted by molar-refractivity contribution is 7.88. The minimum atomic E-state index is -3.26. The van der Waals surface area contributed by atoms with Crippen LogP contribution in [0.2, 0.25) is 0 Å². The van der Waals surface area contributed by atoms with Crippen molar-refractivity contribution < 1.29 is 17.9 Å². The molecule has 9 heteroatoms. The molecule has 0 unspecified atom stereocenters. The second-order valence-electron chi connectivity index (χ2n) is 5.34. The van der Waals surface area contributed by atoms with E-state index in [1.807, 2.05) is 6.92 Å². The maximum atomic E-state index is 12.1. The fourth-order valence-corrected chi connectivity index (χ4v) is 2.71. The zero-order valence-electron chi connectivity index (χ0n) is 14.2. The number of carbonyl (C=O) groups is 1. The van der Waals surface area contributed by atoms with Gasteiger partial charge in [0.15, 0.2) is 0 Å². The van der Waals surface area contributed by atoms with Gasteiger partial charge >= 0.3 is 0 Å². The van der Waals surface area contributed by atoms with Crippen molar-refractivity contribution in [3.63, 3.8) is 0 Å². The summed E-state index contributed by atoms with van der Waals surface area (Å²) in [5, 5.41) is 2.65. The lowest BCUT2D eigenvalue weighted by Gasteiger charge is -2.10. The Morgan fingerprint density at radius 1 is 1.16 bits per heavy atom. The van der Waals surface area contributed by atoms with E-state index in [1.54, 1.807) is 24.3 Å². The van der Waals surface area contributed by atoms with Crippen LogP contribution in [0.1, 0.15) is 16.1 Å². The van der Waals surface area contributed by atoms with E-state index in [2.05, 4.69) is 20.0 Å². The van der Waals surface area contributed by atoms with Gasteiger partial charge in [-0.3, -0.25) is 4.79 Å². The second-order valence-corrected chi connectivity index (χ2v) is 7.18. The van der Waals surface area contributed by atoms with Crippen LogP contribution in [-0.2, 0) is 10.0 Å². The van der Waals surface area contributed by atoms with Crippen molar-refractivity contribution in [2.75, 3.05) is 26.5 Å². The van der Waals surface area contributed by atoms with Crippen molar-refractivity contribution >= 4 is 15.9 Å². The van der Waals surface area contributed by atoms with Crippen LogP contribution >= 0.6 is 0 Å². The highest BCUT2D eigenvalue weighted by Gasteiger charge is 2.12. The van der Waals surface area contributed by atoms with Crippen LogP contribution in [0, 0.1) is 6.92 Å². The van der Waals surface area contributed by atoms with Crippen LogP contribution in [0.4, 0.5) is 0 Å². The molecule has 0 bridgehead atoms. The average Bonchev–Trinajstić information content (AvgIpc) is 2.57. The van der Waals surface area contributed by atoms with Gasteiger partial charge in [0.05, 0.1) is 24.6 Å². The Hall–Kier alpha value is -2.52. The van der Waals surface area contributed by atoms with Gasteiger partial charge in [-0.15, -0.1) is 0 Å². The number of amides is 1. The monoisotopic (exact) mass is 364 g/mol. The van der Waals surface area contributed by atoms with E-state index in [4.69, 9.17) is 4.74 Å². The fourth-order valence-electron chi connectivity index (χ4n) is 2.24. The molecule has 0 aliphatic carbocycles. The van der Waals surface area contributed by atoms with Gasteiger partial charge in [-0.1, -0.05) is 12.1 Å². The first-order valence-corrected chi connectivity index (χ1v) is 9.40. The van der Waals surface area contributed by atoms with Crippen LogP contribution in [0.3, 0.4) is 0 Å². The molecule has 1 aromatic carbocycles. The summed E-state index contributed by atoms with van der Waals surface area (Å²) in [6.45, 7) is 2.20. The number of carbonyl (C=O) groups excluding carboxylic acids is 1. The minimum Gasteiger partial charge on any atom is -0.480 e. The number of ether oxygens (including phenoxy) is 1. The Kier molecular flexibility index (Phi) is 6.05. The zero-order valence-corrected chi connectivity index (χ0v) is 15.1. The van der Waals surface area contributed by atoms with E-state index >= 15 is 0 Å². The second kappa shape index (κ2) is 8.04. The van der Waals surface area contributed by atoms with E-state index in [-0.39, 0.29) is 19.0 Å². The number of methoxy groups -OCH3 is 1. The number of aryl methyl sites for hydroxylation is 1. The normalized spacial score (nSPS) is 11.2. The van der Waals surface area contributed by atoms with Crippen molar-refractivity contribution in [2.45, 2.75) is 6.92 Å². The summed E-state index contributed by atoms with van der Waals surface area (Å²) in [6, 6.07) is 6.94. The van der Waals surface area contributed by atoms with Crippen LogP contribution in [-0.4, -0.2) is 50.7 Å². The minimum absolute atomic E-state index is 0.139. The summed E-state index contributed by atoms with van der Waals surface area (Å²) in [7, 11) is -1.72. The number of hydrogen-bond donors (Lipinski definition) is 2. The molecule has 0 atom stereocenters. The molecule has 0 aliphatic heterocycles. The molecular formula is C16H20N4O4S. The molecule has 1 aromatic heterocycles. The number of hydrogen-bond acceptors (Lipinski definition) is 6. The number of rotatable bonds is 7. The summed E-state index contributed by atoms with van der Waals surface area (Å²) < 4.78 is 29.5. The number of nitrogens with zero attached hydrogens (tertiary/aromatic N) is 2. The fraction of sp³-hybridized carbons (Fsp3) is 0.312. The van der Waals surface area contributed by atoms with E-state index < -0.39 is 10.0 Å². The lowest BCUT2D eigenvalue weighted by atomic mass is 10.0. The number of benzene rings is 1. The quantitative estimate of drug-likeness (QED) is 0.701. The van der Waals surface area contributed by atoms with Crippen molar-refractivity contribution in [1.29, 1.82) is 0 Å². The van der Waals surface area contributed by atoms with E-state index in [9.17, 15) is 13.2 Å². The first-order valence-electron chi connectivity index (χ1n) is 7.50. The molecule has 8 nitrogen and oxygen atoms in total. The predicted molar refractivity (Wildman–Crippen MR) is 93.9 cm³/mol. The molecule has 1 amide bonds. The van der Waals surface area contributed by atoms with Gasteiger partial charge in [-0.2, -0.15) is 0 Å². The summed E-state index contributed by atoms with van der Waals surface area (Å²) >= 11 is 0. The summed E-state index contributed by atoms with van der Waals surface area (Å²) in [5.74, 6) is 0.186. The predicted octanol–water partition coefficient (Wildman–Crippen LogP) is 0.740. The van der Waals surface area contributed by atoms with Gasteiger partial charge in [-0.25, -0.2) is 23.1 Å². The standard InChI is InChI=1S/C16H20N4O4S/c1-11-14(16(24-2)19-10-18-11)12-4-6-13(7-5-12)15(21)17-8-9-20-25(3,22)23/h4-7,10,20H,8-9H2,1-3H3,(H,17,21). The van der Waals surface area contributed by atoms with Crippen molar-refractivity contribution in [3.8, 4) is 17.0 Å². The average molecular weight is 364 g/mol. The molecule has 0 fully saturated rings. The first kappa shape index (κ1) is 18.8. The third-order valence-electron chi connectivity index (χ3n) is 3.41. The van der Waals surface area contributed by atoms with Gasteiger partial charge in [0.1, 0.15) is 6.33 Å². The Bertz CT molecular complexity index is 851. The Morgan fingerprint density at radius 3 is 2.44 bits per heavy atom. The molecule has 2 rings (SSSR count). The molecule has 0 saturated heterocycles. The topological polar surface area (TPSA) is 110 Å². The molecular weight excluding hydrogens is 344 g/mol. The van der Waals surface area contributed by atoms with Crippen molar-refractivity contribution in [3.05, 3.63) is 41.9 Å². The Morgan fingerprint density at radius 2 is 1.84 bits per heavy atom. The number of nitrogens with one attached hydrogen (secondary N) is 2. The molecule has 0 saturated carbocycles. The Labute approximate surface area is 146 Å². The van der Waals surface area contributed by atoms with Crippen molar-refractivity contribution in [2.24, 2.45) is 0 Å². The summed E-state index contributed by atoms with van der Waals surface area (Å²) in [4.78, 5) is 20.3. The van der Waals surface area contributed by atoms with Gasteiger partial charge in [0, 0.05) is 18.7 Å². The van der Waals surface area contributed by atoms with E-state index in [0.717, 1.165) is 23.1 Å². The SMILES string of the molecule is COc1ncnc(C)c1-c1ccc(C(=O)NCCNS(C)(=O)=O)cc1. The molecule has 134 valence electrons. The largest absolute Gasteiger partial charge is 0.480 e. The molecule has 2 aromatic rings. The highest BCUT2D eigenvalue weighted by Crippen LogP contribution is 2.29. The Balaban J connectivity index is 2.06. The third-order valence-corrected chi connectivity index (χ3v) is 4.13. The van der Waals surface area contributed by atoms with Gasteiger partial charge in [-0.05, 0) is 24.6 Å². The zero-order chi connectivity index (χ0) is 18.4. The van der Waals surface area contributed by atoms with Crippen LogP contribution in [0.15, 0.2) is 30.6 Å².